The molecule has 0 bridgehead atoms. The van der Waals surface area contributed by atoms with Crippen molar-refractivity contribution < 1.29 is 52.5 Å². The Labute approximate surface area is 264 Å². The molecule has 0 aromatic heterocycles. The molecule has 0 saturated carbocycles. The monoisotopic (exact) mass is 634 g/mol. The molecular formula is C32H46N2O11. The largest absolute Gasteiger partial charge is 0.469 e. The van der Waals surface area contributed by atoms with Crippen LogP contribution in [0, 0.1) is 5.92 Å². The van der Waals surface area contributed by atoms with Gasteiger partial charge in [-0.05, 0) is 74.3 Å². The minimum Gasteiger partial charge on any atom is -0.469 e. The summed E-state index contributed by atoms with van der Waals surface area (Å²) in [6.45, 7) is 14.4. The summed E-state index contributed by atoms with van der Waals surface area (Å²) in [5, 5.41) is 2.35. The van der Waals surface area contributed by atoms with Gasteiger partial charge in [-0.25, -0.2) is 14.4 Å². The zero-order valence-corrected chi connectivity index (χ0v) is 27.8. The molecule has 2 rings (SSSR count). The smallest absolute Gasteiger partial charge is 0.408 e. The zero-order valence-electron chi connectivity index (χ0n) is 27.8. The lowest BCUT2D eigenvalue weighted by Gasteiger charge is -2.34. The first-order valence-electron chi connectivity index (χ1n) is 14.7. The van der Waals surface area contributed by atoms with Crippen molar-refractivity contribution in [3.8, 4) is 0 Å². The van der Waals surface area contributed by atoms with Crippen LogP contribution >= 0.6 is 0 Å². The minimum absolute atomic E-state index is 0.142. The lowest BCUT2D eigenvalue weighted by molar-refractivity contribution is -0.175. The summed E-state index contributed by atoms with van der Waals surface area (Å²) >= 11 is 0. The van der Waals surface area contributed by atoms with Crippen molar-refractivity contribution in [3.63, 3.8) is 0 Å². The number of amides is 2. The van der Waals surface area contributed by atoms with Gasteiger partial charge in [-0.2, -0.15) is 0 Å². The van der Waals surface area contributed by atoms with Crippen LogP contribution in [0.5, 0.6) is 0 Å². The van der Waals surface area contributed by atoms with Gasteiger partial charge in [0.25, 0.3) is 0 Å². The topological polar surface area (TPSA) is 164 Å². The molecule has 0 radical (unpaired) electrons. The summed E-state index contributed by atoms with van der Waals surface area (Å²) in [5.74, 6) is -5.98. The maximum Gasteiger partial charge on any atom is 0.408 e. The predicted octanol–water partition coefficient (Wildman–Crippen LogP) is 3.46. The van der Waals surface area contributed by atoms with Gasteiger partial charge in [-0.1, -0.05) is 30.3 Å². The summed E-state index contributed by atoms with van der Waals surface area (Å²) in [4.78, 5) is 81.1. The molecular weight excluding hydrogens is 588 g/mol. The molecule has 0 aliphatic carbocycles. The molecule has 13 heteroatoms. The summed E-state index contributed by atoms with van der Waals surface area (Å²) in [5.41, 5.74) is -2.34. The van der Waals surface area contributed by atoms with E-state index in [9.17, 15) is 28.8 Å². The summed E-state index contributed by atoms with van der Waals surface area (Å²) in [6.07, 6.45) is -2.07. The number of nitrogens with zero attached hydrogens (tertiary/aromatic N) is 1. The summed E-state index contributed by atoms with van der Waals surface area (Å²) in [7, 11) is 1.10. The molecule has 1 aromatic rings. The van der Waals surface area contributed by atoms with E-state index in [2.05, 4.69) is 5.32 Å². The third kappa shape index (κ3) is 11.7. The Morgan fingerprint density at radius 2 is 1.31 bits per heavy atom. The average Bonchev–Trinajstić information content (AvgIpc) is 3.30. The number of rotatable bonds is 9. The maximum absolute atomic E-state index is 14.3. The van der Waals surface area contributed by atoms with Gasteiger partial charge in [0, 0.05) is 0 Å². The van der Waals surface area contributed by atoms with E-state index in [0.717, 1.165) is 12.0 Å². The molecule has 45 heavy (non-hydrogen) atoms. The van der Waals surface area contributed by atoms with Gasteiger partial charge >= 0.3 is 30.0 Å². The van der Waals surface area contributed by atoms with Gasteiger partial charge in [0.2, 0.25) is 5.91 Å². The van der Waals surface area contributed by atoms with Crippen LogP contribution in [-0.2, 0) is 54.3 Å². The van der Waals surface area contributed by atoms with Gasteiger partial charge in [0.15, 0.2) is 0 Å². The Hall–Kier alpha value is -4.16. The molecule has 1 aromatic carbocycles. The second kappa shape index (κ2) is 14.7. The SMILES string of the molecule is COC(=O)C[C@H](NC(=O)OCc1ccccc1)C(=O)N1[C@H](C(=O)OC(C)(C)C)[C@@H](C(=O)OC(C)(C)C)C[C@H]1C(=O)OC(C)(C)C. The fourth-order valence-electron chi connectivity index (χ4n) is 4.52. The quantitative estimate of drug-likeness (QED) is 0.313. The Morgan fingerprint density at radius 1 is 0.800 bits per heavy atom. The third-order valence-corrected chi connectivity index (χ3v) is 6.19. The highest BCUT2D eigenvalue weighted by molar-refractivity contribution is 5.98. The van der Waals surface area contributed by atoms with E-state index < -0.39 is 83.1 Å². The van der Waals surface area contributed by atoms with Crippen molar-refractivity contribution in [2.45, 2.75) is 117 Å². The van der Waals surface area contributed by atoms with Crippen LogP contribution in [0.15, 0.2) is 30.3 Å². The lowest BCUT2D eigenvalue weighted by Crippen LogP contribution is -2.58. The van der Waals surface area contributed by atoms with Crippen molar-refractivity contribution in [1.82, 2.24) is 10.2 Å². The number of hydrogen-bond donors (Lipinski definition) is 1. The first-order chi connectivity index (χ1) is 20.6. The molecule has 1 fully saturated rings. The van der Waals surface area contributed by atoms with E-state index in [4.69, 9.17) is 23.7 Å². The molecule has 13 nitrogen and oxygen atoms in total. The van der Waals surface area contributed by atoms with Gasteiger partial charge in [-0.15, -0.1) is 0 Å². The number of benzene rings is 1. The number of carbonyl (C=O) groups is 6. The molecule has 1 aliphatic heterocycles. The standard InChI is InChI=1S/C32H46N2O11/c1-30(2,3)43-26(37)20-16-22(27(38)44-31(4,5)6)34(24(20)28(39)45-32(7,8)9)25(36)21(17-23(35)41-10)33-29(40)42-18-19-14-12-11-13-15-19/h11-15,20-22,24H,16-18H2,1-10H3,(H,33,40)/t20-,21-,22-,24-/m0/s1. The number of methoxy groups -OCH3 is 1. The Balaban J connectivity index is 2.59. The molecule has 1 N–H and O–H groups in total. The lowest BCUT2D eigenvalue weighted by atomic mass is 9.98. The van der Waals surface area contributed by atoms with Crippen molar-refractivity contribution in [2.24, 2.45) is 5.92 Å². The Kier molecular flexibility index (Phi) is 12.1. The number of likely N-dealkylation sites (tertiary alicyclic amines) is 1. The molecule has 4 atom stereocenters. The summed E-state index contributed by atoms with van der Waals surface area (Å²) in [6, 6.07) is 3.94. The zero-order chi connectivity index (χ0) is 34.3. The molecule has 1 saturated heterocycles. The number of alkyl carbamates (subject to hydrolysis) is 1. The molecule has 0 spiro atoms. The van der Waals surface area contributed by atoms with Crippen LogP contribution in [-0.4, -0.2) is 82.8 Å². The highest BCUT2D eigenvalue weighted by Gasteiger charge is 2.57. The fraction of sp³-hybridized carbons (Fsp3) is 0.625. The molecule has 0 unspecified atom stereocenters. The molecule has 2 amide bonds. The Morgan fingerprint density at radius 3 is 1.82 bits per heavy atom. The summed E-state index contributed by atoms with van der Waals surface area (Å²) < 4.78 is 26.7. The van der Waals surface area contributed by atoms with Gasteiger partial charge in [0.1, 0.15) is 41.5 Å². The number of nitrogens with one attached hydrogen (secondary N) is 1. The Bertz CT molecular complexity index is 1240. The van der Waals surface area contributed by atoms with Crippen molar-refractivity contribution in [1.29, 1.82) is 0 Å². The van der Waals surface area contributed by atoms with Crippen LogP contribution in [0.2, 0.25) is 0 Å². The van der Waals surface area contributed by atoms with Crippen LogP contribution in [0.1, 0.15) is 80.7 Å². The normalized spacial score (nSPS) is 19.2. The number of esters is 4. The first-order valence-corrected chi connectivity index (χ1v) is 14.7. The average molecular weight is 635 g/mol. The number of carbonyl (C=O) groups excluding carboxylic acids is 6. The molecule has 1 heterocycles. The van der Waals surface area contributed by atoms with E-state index >= 15 is 0 Å². The molecule has 250 valence electrons. The second-order valence-corrected chi connectivity index (χ2v) is 13.7. The van der Waals surface area contributed by atoms with Crippen molar-refractivity contribution >= 4 is 35.9 Å². The highest BCUT2D eigenvalue weighted by Crippen LogP contribution is 2.36. The van der Waals surface area contributed by atoms with E-state index in [1.807, 2.05) is 0 Å². The number of ether oxygens (including phenoxy) is 5. The third-order valence-electron chi connectivity index (χ3n) is 6.19. The molecule has 1 aliphatic rings. The van der Waals surface area contributed by atoms with Crippen LogP contribution < -0.4 is 5.32 Å². The number of hydrogen-bond acceptors (Lipinski definition) is 11. The van der Waals surface area contributed by atoms with E-state index in [1.54, 1.807) is 92.6 Å². The van der Waals surface area contributed by atoms with Gasteiger partial charge < -0.3 is 33.9 Å². The van der Waals surface area contributed by atoms with E-state index in [0.29, 0.717) is 5.56 Å². The minimum atomic E-state index is -1.66. The van der Waals surface area contributed by atoms with Gasteiger partial charge in [-0.3, -0.25) is 14.4 Å². The van der Waals surface area contributed by atoms with E-state index in [1.165, 1.54) is 0 Å². The van der Waals surface area contributed by atoms with Crippen LogP contribution in [0.25, 0.3) is 0 Å². The van der Waals surface area contributed by atoms with E-state index in [-0.39, 0.29) is 13.0 Å². The fourth-order valence-corrected chi connectivity index (χ4v) is 4.52. The van der Waals surface area contributed by atoms with Crippen molar-refractivity contribution in [3.05, 3.63) is 35.9 Å². The van der Waals surface area contributed by atoms with Crippen LogP contribution in [0.4, 0.5) is 4.79 Å². The van der Waals surface area contributed by atoms with Crippen molar-refractivity contribution in [2.75, 3.05) is 7.11 Å². The predicted molar refractivity (Wildman–Crippen MR) is 160 cm³/mol. The van der Waals surface area contributed by atoms with Crippen LogP contribution in [0.3, 0.4) is 0 Å². The van der Waals surface area contributed by atoms with Gasteiger partial charge in [0.05, 0.1) is 19.4 Å². The first kappa shape index (κ1) is 37.0. The maximum atomic E-state index is 14.3. The highest BCUT2D eigenvalue weighted by atomic mass is 16.6. The second-order valence-electron chi connectivity index (χ2n) is 13.7.